The number of nitrogens with zero attached hydrogens (tertiary/aromatic N) is 2. The summed E-state index contributed by atoms with van der Waals surface area (Å²) in [6.07, 6.45) is 1.27. The van der Waals surface area contributed by atoms with Gasteiger partial charge in [0.15, 0.2) is 0 Å². The van der Waals surface area contributed by atoms with Crippen LogP contribution in [0.2, 0.25) is 0 Å². The van der Waals surface area contributed by atoms with Gasteiger partial charge in [-0.25, -0.2) is 0 Å². The van der Waals surface area contributed by atoms with Crippen LogP contribution in [-0.2, 0) is 19.9 Å². The molecule has 1 aromatic rings. The maximum Gasteiger partial charge on any atom is 0.0624 e. The molecule has 2 unspecified atom stereocenters. The molecule has 0 aliphatic rings. The number of rotatable bonds is 5. The maximum atomic E-state index is 9.78. The largest absolute Gasteiger partial charge is 0.393 e. The first-order valence-corrected chi connectivity index (χ1v) is 5.83. The molecule has 1 heterocycles. The second-order valence-corrected chi connectivity index (χ2v) is 4.82. The van der Waals surface area contributed by atoms with E-state index in [9.17, 15) is 5.11 Å². The van der Waals surface area contributed by atoms with E-state index in [0.717, 1.165) is 24.2 Å². The molecule has 0 spiro atoms. The lowest BCUT2D eigenvalue weighted by Crippen LogP contribution is -2.39. The lowest BCUT2D eigenvalue weighted by molar-refractivity contribution is 0.0575. The van der Waals surface area contributed by atoms with E-state index in [1.165, 1.54) is 0 Å². The summed E-state index contributed by atoms with van der Waals surface area (Å²) in [6, 6.07) is 2.09. The van der Waals surface area contributed by atoms with Gasteiger partial charge in [0, 0.05) is 24.7 Å². The summed E-state index contributed by atoms with van der Waals surface area (Å²) in [7, 11) is 1.94. The van der Waals surface area contributed by atoms with Crippen molar-refractivity contribution in [2.75, 3.05) is 6.54 Å². The number of aliphatic hydroxyl groups is 1. The van der Waals surface area contributed by atoms with E-state index in [0.29, 0.717) is 6.54 Å². The summed E-state index contributed by atoms with van der Waals surface area (Å²) in [6.45, 7) is 6.36. The van der Waals surface area contributed by atoms with Crippen molar-refractivity contribution in [1.82, 2.24) is 9.78 Å². The highest BCUT2D eigenvalue weighted by atomic mass is 16.3. The summed E-state index contributed by atoms with van der Waals surface area (Å²) in [4.78, 5) is 0. The minimum absolute atomic E-state index is 0.279. The normalized spacial score (nSPS) is 17.1. The Morgan fingerprint density at radius 1 is 1.62 bits per heavy atom. The molecule has 0 fully saturated rings. The second-order valence-electron chi connectivity index (χ2n) is 4.82. The number of nitrogens with two attached hydrogens (primary N) is 1. The van der Waals surface area contributed by atoms with Crippen molar-refractivity contribution >= 4 is 0 Å². The van der Waals surface area contributed by atoms with Crippen LogP contribution in [0.1, 0.15) is 32.2 Å². The Labute approximate surface area is 97.5 Å². The van der Waals surface area contributed by atoms with E-state index in [-0.39, 0.29) is 5.41 Å². The fourth-order valence-electron chi connectivity index (χ4n) is 1.71. The van der Waals surface area contributed by atoms with Gasteiger partial charge in [0.2, 0.25) is 0 Å². The zero-order valence-corrected chi connectivity index (χ0v) is 10.7. The third-order valence-corrected chi connectivity index (χ3v) is 3.45. The van der Waals surface area contributed by atoms with Gasteiger partial charge in [-0.05, 0) is 25.8 Å². The highest BCUT2D eigenvalue weighted by molar-refractivity contribution is 5.12. The van der Waals surface area contributed by atoms with E-state index in [1.807, 2.05) is 18.7 Å². The summed E-state index contributed by atoms with van der Waals surface area (Å²) >= 11 is 0. The smallest absolute Gasteiger partial charge is 0.0624 e. The highest BCUT2D eigenvalue weighted by Gasteiger charge is 2.30. The van der Waals surface area contributed by atoms with Gasteiger partial charge in [0.25, 0.3) is 0 Å². The van der Waals surface area contributed by atoms with Crippen LogP contribution < -0.4 is 5.73 Å². The zero-order chi connectivity index (χ0) is 12.3. The lowest BCUT2D eigenvalue weighted by atomic mass is 9.80. The molecular weight excluding hydrogens is 202 g/mol. The van der Waals surface area contributed by atoms with Gasteiger partial charge in [-0.2, -0.15) is 5.10 Å². The fourth-order valence-corrected chi connectivity index (χ4v) is 1.71. The average molecular weight is 225 g/mol. The van der Waals surface area contributed by atoms with Crippen LogP contribution in [0.4, 0.5) is 0 Å². The molecule has 1 rings (SSSR count). The van der Waals surface area contributed by atoms with Crippen LogP contribution in [0.25, 0.3) is 0 Å². The SMILES string of the molecule is CCc1cc(CC(C)(CN)C(C)O)n(C)n1. The molecule has 3 N–H and O–H groups in total. The minimum Gasteiger partial charge on any atom is -0.393 e. The topological polar surface area (TPSA) is 64.1 Å². The molecule has 4 heteroatoms. The Hall–Kier alpha value is -0.870. The molecule has 2 atom stereocenters. The van der Waals surface area contributed by atoms with Crippen molar-refractivity contribution < 1.29 is 5.11 Å². The number of aromatic nitrogens is 2. The zero-order valence-electron chi connectivity index (χ0n) is 10.7. The molecule has 0 aromatic carbocycles. The van der Waals surface area contributed by atoms with Crippen LogP contribution in [-0.4, -0.2) is 27.5 Å². The quantitative estimate of drug-likeness (QED) is 0.781. The van der Waals surface area contributed by atoms with Gasteiger partial charge in [-0.1, -0.05) is 13.8 Å². The van der Waals surface area contributed by atoms with Crippen molar-refractivity contribution in [3.8, 4) is 0 Å². The molecule has 0 bridgehead atoms. The van der Waals surface area contributed by atoms with Gasteiger partial charge in [-0.3, -0.25) is 4.68 Å². The maximum absolute atomic E-state index is 9.78. The third kappa shape index (κ3) is 2.62. The molecule has 16 heavy (non-hydrogen) atoms. The predicted octanol–water partition coefficient (Wildman–Crippen LogP) is 0.871. The molecule has 0 radical (unpaired) electrons. The first kappa shape index (κ1) is 13.2. The van der Waals surface area contributed by atoms with Crippen molar-refractivity contribution in [2.45, 2.75) is 39.7 Å². The molecule has 0 saturated heterocycles. The average Bonchev–Trinajstić information content (AvgIpc) is 2.59. The summed E-state index contributed by atoms with van der Waals surface area (Å²) in [5.41, 5.74) is 7.69. The van der Waals surface area contributed by atoms with Gasteiger partial charge in [-0.15, -0.1) is 0 Å². The minimum atomic E-state index is -0.419. The monoisotopic (exact) mass is 225 g/mol. The second kappa shape index (κ2) is 4.97. The van der Waals surface area contributed by atoms with Gasteiger partial charge < -0.3 is 10.8 Å². The Balaban J connectivity index is 2.89. The summed E-state index contributed by atoms with van der Waals surface area (Å²) < 4.78 is 1.88. The van der Waals surface area contributed by atoms with Crippen LogP contribution in [0.5, 0.6) is 0 Å². The third-order valence-electron chi connectivity index (χ3n) is 3.45. The molecule has 1 aromatic heterocycles. The number of aliphatic hydroxyl groups excluding tert-OH is 1. The standard InChI is InChI=1S/C12H23N3O/c1-5-10-6-11(15(4)14-10)7-12(3,8-13)9(2)16/h6,9,16H,5,7-8,13H2,1-4H3. The van der Waals surface area contributed by atoms with E-state index in [2.05, 4.69) is 18.1 Å². The summed E-state index contributed by atoms with van der Waals surface area (Å²) in [5.74, 6) is 0. The molecule has 0 aliphatic heterocycles. The first-order chi connectivity index (χ1) is 7.42. The highest BCUT2D eigenvalue weighted by Crippen LogP contribution is 2.25. The molecule has 92 valence electrons. The van der Waals surface area contributed by atoms with Crippen LogP contribution in [0.15, 0.2) is 6.07 Å². The van der Waals surface area contributed by atoms with E-state index in [4.69, 9.17) is 5.73 Å². The van der Waals surface area contributed by atoms with Crippen molar-refractivity contribution in [3.63, 3.8) is 0 Å². The van der Waals surface area contributed by atoms with Crippen molar-refractivity contribution in [1.29, 1.82) is 0 Å². The molecular formula is C12H23N3O. The number of aryl methyl sites for hydroxylation is 2. The molecule has 0 aliphatic carbocycles. The van der Waals surface area contributed by atoms with Crippen molar-refractivity contribution in [2.24, 2.45) is 18.2 Å². The summed E-state index contributed by atoms with van der Waals surface area (Å²) in [5, 5.41) is 14.2. The van der Waals surface area contributed by atoms with Crippen molar-refractivity contribution in [3.05, 3.63) is 17.5 Å². The van der Waals surface area contributed by atoms with Gasteiger partial charge in [0.05, 0.1) is 11.8 Å². The van der Waals surface area contributed by atoms with Crippen LogP contribution >= 0.6 is 0 Å². The van der Waals surface area contributed by atoms with E-state index < -0.39 is 6.10 Å². The Morgan fingerprint density at radius 3 is 2.62 bits per heavy atom. The van der Waals surface area contributed by atoms with E-state index >= 15 is 0 Å². The first-order valence-electron chi connectivity index (χ1n) is 5.83. The molecule has 0 saturated carbocycles. The predicted molar refractivity (Wildman–Crippen MR) is 65.1 cm³/mol. The van der Waals surface area contributed by atoms with Crippen LogP contribution in [0.3, 0.4) is 0 Å². The van der Waals surface area contributed by atoms with Crippen LogP contribution in [0, 0.1) is 5.41 Å². The molecule has 4 nitrogen and oxygen atoms in total. The van der Waals surface area contributed by atoms with E-state index in [1.54, 1.807) is 6.92 Å². The Kier molecular flexibility index (Phi) is 4.10. The van der Waals surface area contributed by atoms with Gasteiger partial charge in [0.1, 0.15) is 0 Å². The fraction of sp³-hybridized carbons (Fsp3) is 0.750. The Morgan fingerprint density at radius 2 is 2.25 bits per heavy atom. The lowest BCUT2D eigenvalue weighted by Gasteiger charge is -2.31. The number of hydrogen-bond acceptors (Lipinski definition) is 3. The number of hydrogen-bond donors (Lipinski definition) is 2. The van der Waals surface area contributed by atoms with Gasteiger partial charge >= 0.3 is 0 Å². The molecule has 0 amide bonds. The Bertz CT molecular complexity index is 346.